The molecule has 30 heavy (non-hydrogen) atoms. The van der Waals surface area contributed by atoms with Gasteiger partial charge in [-0.1, -0.05) is 24.3 Å². The van der Waals surface area contributed by atoms with E-state index in [1.807, 2.05) is 0 Å². The van der Waals surface area contributed by atoms with Crippen LogP contribution in [0.15, 0.2) is 60.7 Å². The number of rotatable bonds is 5. The summed E-state index contributed by atoms with van der Waals surface area (Å²) in [6.07, 6.45) is -1.32. The van der Waals surface area contributed by atoms with Crippen molar-refractivity contribution in [1.82, 2.24) is 0 Å². The van der Waals surface area contributed by atoms with Crippen LogP contribution in [0.1, 0.15) is 17.3 Å². The van der Waals surface area contributed by atoms with E-state index in [9.17, 15) is 27.9 Å². The van der Waals surface area contributed by atoms with Crippen LogP contribution in [-0.4, -0.2) is 23.1 Å². The Morgan fingerprint density at radius 3 is 2.03 bits per heavy atom. The first-order valence-electron chi connectivity index (χ1n) is 8.81. The number of ether oxygens (including phenoxy) is 1. The quantitative estimate of drug-likeness (QED) is 0.470. The van der Waals surface area contributed by atoms with Crippen LogP contribution in [0.4, 0.5) is 18.9 Å². The highest BCUT2D eigenvalue weighted by atomic mass is 19.2. The van der Waals surface area contributed by atoms with Gasteiger partial charge < -0.3 is 15.2 Å². The number of benzene rings is 3. The lowest BCUT2D eigenvalue weighted by molar-refractivity contribution is -0.123. The van der Waals surface area contributed by atoms with Crippen LogP contribution >= 0.6 is 0 Å². The molecule has 0 aromatic heterocycles. The van der Waals surface area contributed by atoms with Crippen LogP contribution in [0, 0.1) is 17.5 Å². The van der Waals surface area contributed by atoms with Crippen molar-refractivity contribution in [2.24, 2.45) is 0 Å². The summed E-state index contributed by atoms with van der Waals surface area (Å²) >= 11 is 0. The van der Waals surface area contributed by atoms with E-state index >= 15 is 0 Å². The zero-order chi connectivity index (χ0) is 21.8. The van der Waals surface area contributed by atoms with Gasteiger partial charge in [-0.15, -0.1) is 0 Å². The van der Waals surface area contributed by atoms with Crippen LogP contribution in [0.5, 0.6) is 5.75 Å². The molecule has 0 saturated heterocycles. The summed E-state index contributed by atoms with van der Waals surface area (Å²) in [7, 11) is 0. The molecule has 5 nitrogen and oxygen atoms in total. The van der Waals surface area contributed by atoms with E-state index in [1.54, 1.807) is 24.3 Å². The molecular formula is C22H16F3NO4. The molecule has 154 valence electrons. The summed E-state index contributed by atoms with van der Waals surface area (Å²) in [5.74, 6) is -6.22. The van der Waals surface area contributed by atoms with E-state index in [1.165, 1.54) is 31.2 Å². The maximum atomic E-state index is 13.7. The smallest absolute Gasteiger partial charge is 0.338 e. The van der Waals surface area contributed by atoms with Crippen molar-refractivity contribution >= 4 is 17.6 Å². The fourth-order valence-electron chi connectivity index (χ4n) is 2.59. The maximum Gasteiger partial charge on any atom is 0.338 e. The standard InChI is InChI=1S/C22H16F3NO4/c1-12(21(28)26-18-11-10-17(23)19(24)20(18)25)30-22(29)15-4-2-13(3-5-15)14-6-8-16(27)9-7-14/h2-12,27H,1H3,(H,26,28)/t12-/m1/s1. The first-order valence-corrected chi connectivity index (χ1v) is 8.81. The third-order valence-electron chi connectivity index (χ3n) is 4.27. The molecule has 0 aliphatic heterocycles. The van der Waals surface area contributed by atoms with E-state index in [2.05, 4.69) is 5.32 Å². The predicted octanol–water partition coefficient (Wildman–Crippen LogP) is 4.66. The minimum Gasteiger partial charge on any atom is -0.508 e. The Labute approximate surface area is 169 Å². The summed E-state index contributed by atoms with van der Waals surface area (Å²) in [6.45, 7) is 1.26. The molecule has 3 aromatic carbocycles. The van der Waals surface area contributed by atoms with Crippen LogP contribution in [-0.2, 0) is 9.53 Å². The number of carbonyl (C=O) groups is 2. The van der Waals surface area contributed by atoms with E-state index in [4.69, 9.17) is 4.74 Å². The van der Waals surface area contributed by atoms with Gasteiger partial charge in [-0.3, -0.25) is 4.79 Å². The number of amides is 1. The Bertz CT molecular complexity index is 1080. The topological polar surface area (TPSA) is 75.6 Å². The van der Waals surface area contributed by atoms with Gasteiger partial charge in [0, 0.05) is 0 Å². The number of esters is 1. The molecule has 8 heteroatoms. The third-order valence-corrected chi connectivity index (χ3v) is 4.27. The highest BCUT2D eigenvalue weighted by molar-refractivity contribution is 5.97. The number of hydrogen-bond donors (Lipinski definition) is 2. The molecule has 0 saturated carbocycles. The molecule has 0 spiro atoms. The van der Waals surface area contributed by atoms with E-state index in [0.29, 0.717) is 6.07 Å². The largest absolute Gasteiger partial charge is 0.508 e. The second kappa shape index (κ2) is 8.69. The van der Waals surface area contributed by atoms with Gasteiger partial charge in [-0.2, -0.15) is 0 Å². The van der Waals surface area contributed by atoms with Gasteiger partial charge >= 0.3 is 5.97 Å². The van der Waals surface area contributed by atoms with E-state index < -0.39 is 41.1 Å². The van der Waals surface area contributed by atoms with Crippen molar-refractivity contribution < 1.29 is 32.6 Å². The molecule has 0 unspecified atom stereocenters. The maximum absolute atomic E-state index is 13.7. The Morgan fingerprint density at radius 2 is 1.43 bits per heavy atom. The van der Waals surface area contributed by atoms with Crippen LogP contribution in [0.3, 0.4) is 0 Å². The number of phenols is 1. The number of aromatic hydroxyl groups is 1. The lowest BCUT2D eigenvalue weighted by Gasteiger charge is -2.14. The molecule has 3 rings (SSSR count). The zero-order valence-electron chi connectivity index (χ0n) is 15.7. The van der Waals surface area contributed by atoms with Gasteiger partial charge in [0.25, 0.3) is 5.91 Å². The number of halogens is 3. The average Bonchev–Trinajstić information content (AvgIpc) is 2.74. The van der Waals surface area contributed by atoms with Gasteiger partial charge in [-0.25, -0.2) is 18.0 Å². The molecule has 0 aliphatic rings. The van der Waals surface area contributed by atoms with Gasteiger partial charge in [0.2, 0.25) is 0 Å². The van der Waals surface area contributed by atoms with Crippen LogP contribution in [0.25, 0.3) is 11.1 Å². The van der Waals surface area contributed by atoms with Crippen molar-refractivity contribution in [1.29, 1.82) is 0 Å². The second-order valence-corrected chi connectivity index (χ2v) is 6.38. The zero-order valence-corrected chi connectivity index (χ0v) is 15.7. The lowest BCUT2D eigenvalue weighted by atomic mass is 10.0. The Morgan fingerprint density at radius 1 is 0.867 bits per heavy atom. The van der Waals surface area contributed by atoms with Gasteiger partial charge in [-0.05, 0) is 54.4 Å². The molecule has 2 N–H and O–H groups in total. The van der Waals surface area contributed by atoms with Crippen molar-refractivity contribution in [3.63, 3.8) is 0 Å². The minimum absolute atomic E-state index is 0.134. The first kappa shape index (κ1) is 20.9. The molecular weight excluding hydrogens is 399 g/mol. The summed E-state index contributed by atoms with van der Waals surface area (Å²) in [4.78, 5) is 24.4. The molecule has 0 bridgehead atoms. The second-order valence-electron chi connectivity index (χ2n) is 6.38. The van der Waals surface area contributed by atoms with E-state index in [-0.39, 0.29) is 11.3 Å². The van der Waals surface area contributed by atoms with Crippen molar-refractivity contribution in [2.45, 2.75) is 13.0 Å². The SMILES string of the molecule is C[C@@H](OC(=O)c1ccc(-c2ccc(O)cc2)cc1)C(=O)Nc1ccc(F)c(F)c1F. The molecule has 0 heterocycles. The fourth-order valence-corrected chi connectivity index (χ4v) is 2.59. The van der Waals surface area contributed by atoms with Gasteiger partial charge in [0.15, 0.2) is 23.6 Å². The summed E-state index contributed by atoms with van der Waals surface area (Å²) in [6, 6.07) is 14.4. The predicted molar refractivity (Wildman–Crippen MR) is 103 cm³/mol. The number of hydrogen-bond acceptors (Lipinski definition) is 4. The molecule has 0 aliphatic carbocycles. The third kappa shape index (κ3) is 4.60. The summed E-state index contributed by atoms with van der Waals surface area (Å²) < 4.78 is 44.9. The van der Waals surface area contributed by atoms with E-state index in [0.717, 1.165) is 17.2 Å². The highest BCUT2D eigenvalue weighted by Crippen LogP contribution is 2.23. The van der Waals surface area contributed by atoms with Crippen LogP contribution < -0.4 is 5.32 Å². The normalized spacial score (nSPS) is 11.6. The minimum atomic E-state index is -1.72. The van der Waals surface area contributed by atoms with Gasteiger partial charge in [0.1, 0.15) is 5.75 Å². The lowest BCUT2D eigenvalue weighted by Crippen LogP contribution is -2.30. The summed E-state index contributed by atoms with van der Waals surface area (Å²) in [5.41, 5.74) is 1.23. The van der Waals surface area contributed by atoms with Crippen molar-refractivity contribution in [2.75, 3.05) is 5.32 Å². The first-order chi connectivity index (χ1) is 14.3. The Balaban J connectivity index is 1.64. The highest BCUT2D eigenvalue weighted by Gasteiger charge is 2.22. The van der Waals surface area contributed by atoms with Gasteiger partial charge in [0.05, 0.1) is 11.3 Å². The number of nitrogens with one attached hydrogen (secondary N) is 1. The number of phenolic OH excluding ortho intramolecular Hbond substituents is 1. The molecule has 1 atom stereocenters. The molecule has 0 radical (unpaired) electrons. The molecule has 3 aromatic rings. The fraction of sp³-hybridized carbons (Fsp3) is 0.0909. The Kier molecular flexibility index (Phi) is 6.06. The van der Waals surface area contributed by atoms with Crippen molar-refractivity contribution in [3.8, 4) is 16.9 Å². The molecule has 0 fully saturated rings. The molecule has 1 amide bonds. The number of carbonyl (C=O) groups excluding carboxylic acids is 2. The Hall–Kier alpha value is -3.81. The van der Waals surface area contributed by atoms with Crippen LogP contribution in [0.2, 0.25) is 0 Å². The average molecular weight is 415 g/mol. The van der Waals surface area contributed by atoms with Crippen molar-refractivity contribution in [3.05, 3.63) is 83.7 Å². The monoisotopic (exact) mass is 415 g/mol. The summed E-state index contributed by atoms with van der Waals surface area (Å²) in [5, 5.41) is 11.4. The number of anilines is 1.